The Labute approximate surface area is 153 Å². The van der Waals surface area contributed by atoms with Crippen LogP contribution in [0.25, 0.3) is 5.65 Å². The number of hydrogen-bond donors (Lipinski definition) is 1. The Bertz CT molecular complexity index is 981. The highest BCUT2D eigenvalue weighted by Gasteiger charge is 2.36. The van der Waals surface area contributed by atoms with Gasteiger partial charge in [0.25, 0.3) is 0 Å². The first-order chi connectivity index (χ1) is 12.5. The Morgan fingerprint density at radius 1 is 1.19 bits per heavy atom. The molecule has 26 heavy (non-hydrogen) atoms. The predicted molar refractivity (Wildman–Crippen MR) is 96.4 cm³/mol. The highest BCUT2D eigenvalue weighted by molar-refractivity contribution is 6.31. The van der Waals surface area contributed by atoms with Crippen molar-refractivity contribution in [1.29, 1.82) is 0 Å². The van der Waals surface area contributed by atoms with Gasteiger partial charge in [0.05, 0.1) is 5.60 Å². The van der Waals surface area contributed by atoms with Crippen LogP contribution >= 0.6 is 11.6 Å². The summed E-state index contributed by atoms with van der Waals surface area (Å²) in [4.78, 5) is 16.6. The minimum atomic E-state index is -0.986. The second-order valence-electron chi connectivity index (χ2n) is 6.33. The molecule has 0 atom stereocenters. The molecule has 1 N–H and O–H groups in total. The molecule has 1 aliphatic heterocycles. The molecule has 0 unspecified atom stereocenters. The maximum absolute atomic E-state index is 11.1. The normalized spacial score (nSPS) is 16.8. The molecule has 1 saturated heterocycles. The lowest BCUT2D eigenvalue weighted by Gasteiger charge is -2.39. The van der Waals surface area contributed by atoms with Crippen molar-refractivity contribution in [3.8, 4) is 0 Å². The van der Waals surface area contributed by atoms with Crippen LogP contribution in [0.4, 0.5) is 11.6 Å². The number of anilines is 1. The first kappa shape index (κ1) is 16.7. The van der Waals surface area contributed by atoms with Crippen LogP contribution in [0.1, 0.15) is 18.4 Å². The van der Waals surface area contributed by atoms with Crippen molar-refractivity contribution in [2.75, 3.05) is 18.0 Å². The summed E-state index contributed by atoms with van der Waals surface area (Å²) in [6, 6.07) is 10.8. The standard InChI is InChI=1S/C17H16ClN5O3/c18-13-4-2-1-3-12(13)17(24)7-9-21(10-8-17)15-6-5-14-19-11-16(23(25)26)22(14)20-15/h1-6,11,24H,7-10H2. The molecule has 9 heteroatoms. The molecular weight excluding hydrogens is 358 g/mol. The van der Waals surface area contributed by atoms with Gasteiger partial charge < -0.3 is 20.1 Å². The van der Waals surface area contributed by atoms with Gasteiger partial charge >= 0.3 is 5.82 Å². The fraction of sp³-hybridized carbons (Fsp3) is 0.294. The minimum Gasteiger partial charge on any atom is -0.385 e. The van der Waals surface area contributed by atoms with E-state index >= 15 is 0 Å². The number of halogens is 1. The minimum absolute atomic E-state index is 0.175. The molecular formula is C17H16ClN5O3. The predicted octanol–water partition coefficient (Wildman–Crippen LogP) is 2.78. The van der Waals surface area contributed by atoms with Gasteiger partial charge in [0.1, 0.15) is 6.20 Å². The number of rotatable bonds is 3. The van der Waals surface area contributed by atoms with Gasteiger partial charge in [-0.2, -0.15) is 0 Å². The van der Waals surface area contributed by atoms with Gasteiger partial charge in [-0.1, -0.05) is 39.4 Å². The van der Waals surface area contributed by atoms with Crippen LogP contribution in [0.3, 0.4) is 0 Å². The van der Waals surface area contributed by atoms with Gasteiger partial charge in [-0.25, -0.2) is 4.98 Å². The van der Waals surface area contributed by atoms with Crippen LogP contribution in [-0.4, -0.2) is 37.7 Å². The Kier molecular flexibility index (Phi) is 4.01. The second kappa shape index (κ2) is 6.22. The summed E-state index contributed by atoms with van der Waals surface area (Å²) in [6.45, 7) is 1.12. The fourth-order valence-electron chi connectivity index (χ4n) is 3.36. The second-order valence-corrected chi connectivity index (χ2v) is 6.74. The largest absolute Gasteiger partial charge is 0.385 e. The molecule has 1 fully saturated rings. The molecule has 3 aromatic rings. The lowest BCUT2D eigenvalue weighted by atomic mass is 9.84. The Morgan fingerprint density at radius 2 is 1.92 bits per heavy atom. The summed E-state index contributed by atoms with van der Waals surface area (Å²) in [5, 5.41) is 27.0. The lowest BCUT2D eigenvalue weighted by molar-refractivity contribution is -0.391. The highest BCUT2D eigenvalue weighted by Crippen LogP contribution is 2.37. The molecule has 1 aliphatic rings. The van der Waals surface area contributed by atoms with Crippen molar-refractivity contribution >= 4 is 28.9 Å². The SMILES string of the molecule is O=[N+]([O-])c1cnc2ccc(N3CCC(O)(c4ccccc4Cl)CC3)nn12. The number of fused-ring (bicyclic) bond motifs is 1. The molecule has 0 radical (unpaired) electrons. The smallest absolute Gasteiger partial charge is 0.368 e. The van der Waals surface area contributed by atoms with Crippen molar-refractivity contribution in [2.45, 2.75) is 18.4 Å². The number of aliphatic hydroxyl groups is 1. The van der Waals surface area contributed by atoms with E-state index in [1.54, 1.807) is 18.2 Å². The summed E-state index contributed by atoms with van der Waals surface area (Å²) >= 11 is 6.24. The third-order valence-corrected chi connectivity index (χ3v) is 5.14. The quantitative estimate of drug-likeness (QED) is 0.560. The molecule has 8 nitrogen and oxygen atoms in total. The number of nitro groups is 1. The Morgan fingerprint density at radius 3 is 2.62 bits per heavy atom. The number of aromatic nitrogens is 3. The first-order valence-corrected chi connectivity index (χ1v) is 8.57. The zero-order valence-electron chi connectivity index (χ0n) is 13.7. The summed E-state index contributed by atoms with van der Waals surface area (Å²) < 4.78 is 1.23. The zero-order chi connectivity index (χ0) is 18.3. The molecule has 0 saturated carbocycles. The van der Waals surface area contributed by atoms with Crippen LogP contribution in [0.15, 0.2) is 42.6 Å². The fourth-order valence-corrected chi connectivity index (χ4v) is 3.67. The summed E-state index contributed by atoms with van der Waals surface area (Å²) in [5.74, 6) is 0.436. The van der Waals surface area contributed by atoms with E-state index in [9.17, 15) is 15.2 Å². The van der Waals surface area contributed by atoms with E-state index in [0.29, 0.717) is 42.4 Å². The van der Waals surface area contributed by atoms with E-state index in [1.807, 2.05) is 23.1 Å². The molecule has 3 heterocycles. The lowest BCUT2D eigenvalue weighted by Crippen LogP contribution is -2.43. The van der Waals surface area contributed by atoms with Gasteiger partial charge in [0.15, 0.2) is 5.82 Å². The number of hydrogen-bond acceptors (Lipinski definition) is 6. The molecule has 0 bridgehead atoms. The topological polar surface area (TPSA) is 96.8 Å². The summed E-state index contributed by atoms with van der Waals surface area (Å²) in [6.07, 6.45) is 2.17. The third-order valence-electron chi connectivity index (χ3n) is 4.81. The Hall–Kier alpha value is -2.71. The van der Waals surface area contributed by atoms with E-state index in [-0.39, 0.29) is 5.82 Å². The maximum atomic E-state index is 11.1. The van der Waals surface area contributed by atoms with Crippen LogP contribution in [0.5, 0.6) is 0 Å². The third kappa shape index (κ3) is 2.77. The van der Waals surface area contributed by atoms with Gasteiger partial charge in [-0.05, 0) is 29.9 Å². The van der Waals surface area contributed by atoms with Crippen molar-refractivity contribution in [1.82, 2.24) is 14.6 Å². The van der Waals surface area contributed by atoms with Crippen molar-refractivity contribution in [3.05, 3.63) is 63.3 Å². The zero-order valence-corrected chi connectivity index (χ0v) is 14.5. The van der Waals surface area contributed by atoms with Crippen molar-refractivity contribution in [3.63, 3.8) is 0 Å². The average molecular weight is 374 g/mol. The van der Waals surface area contributed by atoms with Crippen LogP contribution in [-0.2, 0) is 5.60 Å². The number of piperidine rings is 1. The molecule has 1 aromatic carbocycles. The number of benzene rings is 1. The van der Waals surface area contributed by atoms with E-state index in [0.717, 1.165) is 5.56 Å². The van der Waals surface area contributed by atoms with E-state index in [1.165, 1.54) is 10.7 Å². The molecule has 134 valence electrons. The van der Waals surface area contributed by atoms with Gasteiger partial charge in [0.2, 0.25) is 5.65 Å². The molecule has 0 amide bonds. The molecule has 2 aromatic heterocycles. The van der Waals surface area contributed by atoms with Crippen molar-refractivity contribution in [2.24, 2.45) is 0 Å². The monoisotopic (exact) mass is 373 g/mol. The van der Waals surface area contributed by atoms with Gasteiger partial charge in [-0.3, -0.25) is 0 Å². The van der Waals surface area contributed by atoms with Crippen LogP contribution in [0.2, 0.25) is 5.02 Å². The van der Waals surface area contributed by atoms with E-state index < -0.39 is 10.5 Å². The van der Waals surface area contributed by atoms with Crippen LogP contribution in [0, 0.1) is 10.1 Å². The highest BCUT2D eigenvalue weighted by atomic mass is 35.5. The average Bonchev–Trinajstić information content (AvgIpc) is 3.06. The number of nitrogens with zero attached hydrogens (tertiary/aromatic N) is 5. The van der Waals surface area contributed by atoms with E-state index in [2.05, 4.69) is 10.1 Å². The van der Waals surface area contributed by atoms with Gasteiger partial charge in [-0.15, -0.1) is 0 Å². The van der Waals surface area contributed by atoms with E-state index in [4.69, 9.17) is 11.6 Å². The molecule has 4 rings (SSSR count). The maximum Gasteiger partial charge on any atom is 0.368 e. The van der Waals surface area contributed by atoms with Crippen LogP contribution < -0.4 is 4.90 Å². The number of imidazole rings is 1. The van der Waals surface area contributed by atoms with Crippen molar-refractivity contribution < 1.29 is 10.0 Å². The van der Waals surface area contributed by atoms with Gasteiger partial charge in [0, 0.05) is 29.7 Å². The molecule has 0 spiro atoms. The first-order valence-electron chi connectivity index (χ1n) is 8.19. The summed E-state index contributed by atoms with van der Waals surface area (Å²) in [5.41, 5.74) is 0.167. The summed E-state index contributed by atoms with van der Waals surface area (Å²) in [7, 11) is 0. The Balaban J connectivity index is 1.58. The molecule has 0 aliphatic carbocycles.